The number of nitrogens with zero attached hydrogens (tertiary/aromatic N) is 1. The van der Waals surface area contributed by atoms with Crippen molar-refractivity contribution in [1.82, 2.24) is 4.90 Å². The van der Waals surface area contributed by atoms with Crippen LogP contribution in [0.2, 0.25) is 0 Å². The molecular weight excluding hydrogens is 204 g/mol. The molecule has 1 saturated heterocycles. The second-order valence-corrected chi connectivity index (χ2v) is 5.27. The van der Waals surface area contributed by atoms with Crippen molar-refractivity contribution in [2.45, 2.75) is 26.3 Å². The van der Waals surface area contributed by atoms with Gasteiger partial charge < -0.3 is 5.73 Å². The molecule has 0 aliphatic carbocycles. The van der Waals surface area contributed by atoms with Gasteiger partial charge in [-0.2, -0.15) is 0 Å². The Labute approximate surface area is 96.1 Å². The minimum atomic E-state index is 0.583. The zero-order valence-corrected chi connectivity index (χ0v) is 10.4. The monoisotopic (exact) mass is 224 g/mol. The fourth-order valence-electron chi connectivity index (χ4n) is 2.60. The molecule has 84 valence electrons. The molecule has 0 bridgehead atoms. The van der Waals surface area contributed by atoms with Crippen molar-refractivity contribution in [2.75, 3.05) is 19.6 Å². The van der Waals surface area contributed by atoms with Crippen LogP contribution in [0.5, 0.6) is 0 Å². The van der Waals surface area contributed by atoms with Gasteiger partial charge in [0.2, 0.25) is 0 Å². The van der Waals surface area contributed by atoms with E-state index >= 15 is 0 Å². The van der Waals surface area contributed by atoms with E-state index in [-0.39, 0.29) is 0 Å². The summed E-state index contributed by atoms with van der Waals surface area (Å²) in [5, 5.41) is 2.20. The Balaban J connectivity index is 2.27. The summed E-state index contributed by atoms with van der Waals surface area (Å²) in [7, 11) is 0. The molecule has 1 aliphatic rings. The summed E-state index contributed by atoms with van der Waals surface area (Å²) in [5.74, 6) is 0.655. The smallest absolute Gasteiger partial charge is 0.0484 e. The van der Waals surface area contributed by atoms with Gasteiger partial charge in [-0.25, -0.2) is 0 Å². The normalized spacial score (nSPS) is 27.4. The maximum atomic E-state index is 5.88. The molecule has 2 nitrogen and oxygen atoms in total. The maximum absolute atomic E-state index is 5.88. The topological polar surface area (TPSA) is 29.3 Å². The maximum Gasteiger partial charge on any atom is 0.0484 e. The molecule has 0 amide bonds. The summed E-state index contributed by atoms with van der Waals surface area (Å²) >= 11 is 1.89. The standard InChI is InChI=1S/C12H20N2S/c1-3-14-6-4-10(8-13)11(14)12-9(2)5-7-15-12/h5,7,10-11H,3-4,6,8,13H2,1-2H3. The molecule has 0 saturated carbocycles. The van der Waals surface area contributed by atoms with E-state index in [9.17, 15) is 0 Å². The number of rotatable bonds is 3. The molecule has 2 heterocycles. The van der Waals surface area contributed by atoms with Crippen molar-refractivity contribution < 1.29 is 0 Å². The van der Waals surface area contributed by atoms with E-state index in [0.29, 0.717) is 12.0 Å². The third-order valence-electron chi connectivity index (χ3n) is 3.51. The van der Waals surface area contributed by atoms with Crippen molar-refractivity contribution in [3.05, 3.63) is 21.9 Å². The Morgan fingerprint density at radius 3 is 2.93 bits per heavy atom. The zero-order valence-electron chi connectivity index (χ0n) is 9.57. The van der Waals surface area contributed by atoms with E-state index in [2.05, 4.69) is 30.2 Å². The Hall–Kier alpha value is -0.380. The van der Waals surface area contributed by atoms with Crippen LogP contribution in [0.3, 0.4) is 0 Å². The average Bonchev–Trinajstić information content (AvgIpc) is 2.82. The van der Waals surface area contributed by atoms with Crippen LogP contribution in [0, 0.1) is 12.8 Å². The highest BCUT2D eigenvalue weighted by Gasteiger charge is 2.34. The Morgan fingerprint density at radius 1 is 1.60 bits per heavy atom. The van der Waals surface area contributed by atoms with Gasteiger partial charge >= 0.3 is 0 Å². The third kappa shape index (κ3) is 1.96. The van der Waals surface area contributed by atoms with Crippen LogP contribution in [0.15, 0.2) is 11.4 Å². The number of hydrogen-bond acceptors (Lipinski definition) is 3. The van der Waals surface area contributed by atoms with Gasteiger partial charge in [0, 0.05) is 10.9 Å². The van der Waals surface area contributed by atoms with Crippen LogP contribution in [0.25, 0.3) is 0 Å². The summed E-state index contributed by atoms with van der Waals surface area (Å²) in [5.41, 5.74) is 7.31. The van der Waals surface area contributed by atoms with Gasteiger partial charge in [-0.3, -0.25) is 4.90 Å². The first-order chi connectivity index (χ1) is 7.27. The molecule has 2 unspecified atom stereocenters. The molecule has 1 aromatic rings. The van der Waals surface area contributed by atoms with Crippen molar-refractivity contribution in [3.8, 4) is 0 Å². The Morgan fingerprint density at radius 2 is 2.40 bits per heavy atom. The fraction of sp³-hybridized carbons (Fsp3) is 0.667. The average molecular weight is 224 g/mol. The molecule has 15 heavy (non-hydrogen) atoms. The molecule has 1 aliphatic heterocycles. The second kappa shape index (κ2) is 4.64. The molecule has 2 N–H and O–H groups in total. The van der Waals surface area contributed by atoms with E-state index < -0.39 is 0 Å². The summed E-state index contributed by atoms with van der Waals surface area (Å²) in [6.45, 7) is 7.62. The summed E-state index contributed by atoms with van der Waals surface area (Å²) in [6.07, 6.45) is 1.26. The first-order valence-corrected chi connectivity index (χ1v) is 6.64. The summed E-state index contributed by atoms with van der Waals surface area (Å²) in [4.78, 5) is 4.10. The first-order valence-electron chi connectivity index (χ1n) is 5.76. The number of thiophene rings is 1. The lowest BCUT2D eigenvalue weighted by molar-refractivity contribution is 0.245. The molecular formula is C12H20N2S. The number of nitrogens with two attached hydrogens (primary N) is 1. The van der Waals surface area contributed by atoms with Gasteiger partial charge in [-0.05, 0) is 55.9 Å². The van der Waals surface area contributed by atoms with Gasteiger partial charge in [0.05, 0.1) is 0 Å². The highest BCUT2D eigenvalue weighted by atomic mass is 32.1. The van der Waals surface area contributed by atoms with Gasteiger partial charge in [-0.1, -0.05) is 6.92 Å². The third-order valence-corrected chi connectivity index (χ3v) is 4.60. The van der Waals surface area contributed by atoms with Crippen LogP contribution in [0.1, 0.15) is 29.8 Å². The fourth-order valence-corrected chi connectivity index (χ4v) is 3.75. The van der Waals surface area contributed by atoms with Crippen molar-refractivity contribution >= 4 is 11.3 Å². The summed E-state index contributed by atoms with van der Waals surface area (Å²) < 4.78 is 0. The summed E-state index contributed by atoms with van der Waals surface area (Å²) in [6, 6.07) is 2.81. The van der Waals surface area contributed by atoms with E-state index in [4.69, 9.17) is 5.73 Å². The van der Waals surface area contributed by atoms with Gasteiger partial charge in [0.25, 0.3) is 0 Å². The van der Waals surface area contributed by atoms with Gasteiger partial charge in [-0.15, -0.1) is 11.3 Å². The van der Waals surface area contributed by atoms with E-state index in [1.165, 1.54) is 23.4 Å². The van der Waals surface area contributed by atoms with E-state index in [1.54, 1.807) is 0 Å². The minimum absolute atomic E-state index is 0.583. The van der Waals surface area contributed by atoms with Crippen molar-refractivity contribution in [2.24, 2.45) is 11.7 Å². The zero-order chi connectivity index (χ0) is 10.8. The van der Waals surface area contributed by atoms with Crippen LogP contribution < -0.4 is 5.73 Å². The highest BCUT2D eigenvalue weighted by molar-refractivity contribution is 7.10. The largest absolute Gasteiger partial charge is 0.330 e. The van der Waals surface area contributed by atoms with E-state index in [1.807, 2.05) is 11.3 Å². The van der Waals surface area contributed by atoms with Crippen LogP contribution in [-0.2, 0) is 0 Å². The van der Waals surface area contributed by atoms with Gasteiger partial charge in [0.1, 0.15) is 0 Å². The second-order valence-electron chi connectivity index (χ2n) is 4.33. The van der Waals surface area contributed by atoms with E-state index in [0.717, 1.165) is 13.1 Å². The van der Waals surface area contributed by atoms with Gasteiger partial charge in [0.15, 0.2) is 0 Å². The number of hydrogen-bond donors (Lipinski definition) is 1. The van der Waals surface area contributed by atoms with Crippen molar-refractivity contribution in [1.29, 1.82) is 0 Å². The molecule has 3 heteroatoms. The lowest BCUT2D eigenvalue weighted by Crippen LogP contribution is -2.27. The molecule has 0 aromatic carbocycles. The lowest BCUT2D eigenvalue weighted by atomic mass is 9.97. The minimum Gasteiger partial charge on any atom is -0.330 e. The quantitative estimate of drug-likeness (QED) is 0.854. The first kappa shape index (κ1) is 11.1. The Kier molecular flexibility index (Phi) is 3.44. The van der Waals surface area contributed by atoms with Crippen molar-refractivity contribution in [3.63, 3.8) is 0 Å². The SMILES string of the molecule is CCN1CCC(CN)C1c1sccc1C. The molecule has 0 spiro atoms. The predicted molar refractivity (Wildman–Crippen MR) is 66.2 cm³/mol. The molecule has 2 rings (SSSR count). The highest BCUT2D eigenvalue weighted by Crippen LogP contribution is 2.40. The molecule has 1 fully saturated rings. The number of likely N-dealkylation sites (tertiary alicyclic amines) is 1. The number of aryl methyl sites for hydroxylation is 1. The lowest BCUT2D eigenvalue weighted by Gasteiger charge is -2.26. The molecule has 2 atom stereocenters. The molecule has 0 radical (unpaired) electrons. The Bertz CT molecular complexity index is 309. The van der Waals surface area contributed by atoms with Crippen LogP contribution >= 0.6 is 11.3 Å². The predicted octanol–water partition coefficient (Wildman–Crippen LogP) is 2.40. The van der Waals surface area contributed by atoms with Crippen LogP contribution in [-0.4, -0.2) is 24.5 Å². The molecule has 1 aromatic heterocycles. The van der Waals surface area contributed by atoms with Crippen LogP contribution in [0.4, 0.5) is 0 Å².